The fourth-order valence-electron chi connectivity index (χ4n) is 4.11. The second kappa shape index (κ2) is 28.4. The summed E-state index contributed by atoms with van der Waals surface area (Å²) in [5.74, 6) is -2.41. The van der Waals surface area contributed by atoms with Gasteiger partial charge >= 0.3 is 19.8 Å². The van der Waals surface area contributed by atoms with Crippen molar-refractivity contribution in [2.45, 2.75) is 142 Å². The first-order valence-electron chi connectivity index (χ1n) is 16.4. The second-order valence-corrected chi connectivity index (χ2v) is 12.5. The number of carboxylic acid groups (broad SMARTS) is 1. The zero-order chi connectivity index (χ0) is 32.9. The van der Waals surface area contributed by atoms with Gasteiger partial charge in [0, 0.05) is 12.8 Å². The van der Waals surface area contributed by atoms with Gasteiger partial charge in [-0.3, -0.25) is 18.6 Å². The lowest BCUT2D eigenvalue weighted by Gasteiger charge is -2.18. The van der Waals surface area contributed by atoms with Crippen LogP contribution < -0.4 is 5.32 Å². The number of carboxylic acids is 1. The Labute approximate surface area is 264 Å². The van der Waals surface area contributed by atoms with Gasteiger partial charge < -0.3 is 25.2 Å². The van der Waals surface area contributed by atoms with Crippen LogP contribution in [0, 0.1) is 0 Å². The van der Waals surface area contributed by atoms with Crippen LogP contribution in [0.15, 0.2) is 24.3 Å². The summed E-state index contributed by atoms with van der Waals surface area (Å²) in [6, 6.07) is -1.54. The SMILES string of the molecule is CCCCC/C=C\C/C=C\CCCCCCCC(=O)OCC(O)COP(=O)(O)OCC(NC(=O)CCCCCCC)C(=O)O. The largest absolute Gasteiger partial charge is 0.480 e. The molecular formula is C32H58NO10P. The molecule has 256 valence electrons. The van der Waals surface area contributed by atoms with Crippen LogP contribution in [0.25, 0.3) is 0 Å². The predicted molar refractivity (Wildman–Crippen MR) is 171 cm³/mol. The minimum Gasteiger partial charge on any atom is -0.480 e. The van der Waals surface area contributed by atoms with Crippen LogP contribution in [0.4, 0.5) is 0 Å². The van der Waals surface area contributed by atoms with Gasteiger partial charge in [-0.15, -0.1) is 0 Å². The van der Waals surface area contributed by atoms with E-state index < -0.39 is 57.6 Å². The number of carbonyl (C=O) groups excluding carboxylic acids is 2. The second-order valence-electron chi connectivity index (χ2n) is 11.0. The third kappa shape index (κ3) is 27.5. The van der Waals surface area contributed by atoms with Crippen molar-refractivity contribution < 1.29 is 47.8 Å². The van der Waals surface area contributed by atoms with Gasteiger partial charge in [-0.25, -0.2) is 9.36 Å². The van der Waals surface area contributed by atoms with Gasteiger partial charge in [0.1, 0.15) is 12.7 Å². The Morgan fingerprint density at radius 2 is 1.25 bits per heavy atom. The molecule has 0 heterocycles. The van der Waals surface area contributed by atoms with E-state index in [4.69, 9.17) is 9.26 Å². The summed E-state index contributed by atoms with van der Waals surface area (Å²) >= 11 is 0. The molecular weight excluding hydrogens is 589 g/mol. The summed E-state index contributed by atoms with van der Waals surface area (Å²) in [6.07, 6.45) is 24.2. The minimum atomic E-state index is -4.73. The third-order valence-corrected chi connectivity index (χ3v) is 7.69. The maximum Gasteiger partial charge on any atom is 0.472 e. The molecule has 0 rings (SSSR count). The lowest BCUT2D eigenvalue weighted by Crippen LogP contribution is -2.43. The Kier molecular flexibility index (Phi) is 27.1. The molecule has 0 aromatic heterocycles. The average molecular weight is 648 g/mol. The van der Waals surface area contributed by atoms with Gasteiger partial charge in [-0.1, -0.05) is 95.9 Å². The Bertz CT molecular complexity index is 864. The number of rotatable bonds is 30. The van der Waals surface area contributed by atoms with Crippen molar-refractivity contribution in [1.82, 2.24) is 5.32 Å². The highest BCUT2D eigenvalue weighted by Crippen LogP contribution is 2.43. The number of nitrogens with one attached hydrogen (secondary N) is 1. The van der Waals surface area contributed by atoms with Crippen LogP contribution >= 0.6 is 7.82 Å². The molecule has 0 aliphatic heterocycles. The normalized spacial score (nSPS) is 14.5. The molecule has 0 aliphatic carbocycles. The Morgan fingerprint density at radius 3 is 1.89 bits per heavy atom. The lowest BCUT2D eigenvalue weighted by atomic mass is 10.1. The molecule has 0 saturated carbocycles. The molecule has 0 aromatic carbocycles. The van der Waals surface area contributed by atoms with Crippen LogP contribution in [-0.4, -0.2) is 64.9 Å². The first-order valence-corrected chi connectivity index (χ1v) is 17.9. The Morgan fingerprint density at radius 1 is 0.727 bits per heavy atom. The highest BCUT2D eigenvalue weighted by molar-refractivity contribution is 7.47. The van der Waals surface area contributed by atoms with E-state index >= 15 is 0 Å². The maximum atomic E-state index is 12.1. The van der Waals surface area contributed by atoms with Gasteiger partial charge in [0.05, 0.1) is 13.2 Å². The van der Waals surface area contributed by atoms with Gasteiger partial charge in [0.2, 0.25) is 5.91 Å². The number of phosphoric acid groups is 1. The molecule has 0 aliphatic rings. The van der Waals surface area contributed by atoms with E-state index in [1.165, 1.54) is 19.3 Å². The van der Waals surface area contributed by atoms with E-state index in [9.17, 15) is 34.1 Å². The van der Waals surface area contributed by atoms with E-state index in [0.717, 1.165) is 70.6 Å². The fraction of sp³-hybridized carbons (Fsp3) is 0.781. The molecule has 0 bridgehead atoms. The molecule has 0 aromatic rings. The number of aliphatic hydroxyl groups excluding tert-OH is 1. The molecule has 0 saturated heterocycles. The van der Waals surface area contributed by atoms with Crippen molar-refractivity contribution in [2.75, 3.05) is 19.8 Å². The van der Waals surface area contributed by atoms with Crippen molar-refractivity contribution in [3.63, 3.8) is 0 Å². The molecule has 3 unspecified atom stereocenters. The van der Waals surface area contributed by atoms with Gasteiger partial charge in [0.15, 0.2) is 6.04 Å². The number of aliphatic carboxylic acids is 1. The highest BCUT2D eigenvalue weighted by Gasteiger charge is 2.28. The summed E-state index contributed by atoms with van der Waals surface area (Å²) in [7, 11) is -4.73. The number of hydrogen-bond donors (Lipinski definition) is 4. The van der Waals surface area contributed by atoms with Crippen LogP contribution in [0.3, 0.4) is 0 Å². The molecule has 0 radical (unpaired) electrons. The van der Waals surface area contributed by atoms with Crippen molar-refractivity contribution in [2.24, 2.45) is 0 Å². The number of ether oxygens (including phenoxy) is 1. The molecule has 11 nitrogen and oxygen atoms in total. The average Bonchev–Trinajstić information content (AvgIpc) is 2.98. The van der Waals surface area contributed by atoms with Crippen LogP contribution in [0.2, 0.25) is 0 Å². The van der Waals surface area contributed by atoms with Crippen molar-refractivity contribution in [3.05, 3.63) is 24.3 Å². The number of allylic oxidation sites excluding steroid dienone is 4. The fourth-order valence-corrected chi connectivity index (χ4v) is 4.88. The molecule has 1 amide bonds. The minimum absolute atomic E-state index is 0.140. The van der Waals surface area contributed by atoms with Gasteiger partial charge in [-0.2, -0.15) is 0 Å². The summed E-state index contributed by atoms with van der Waals surface area (Å²) in [5.41, 5.74) is 0. The number of aliphatic hydroxyl groups is 1. The van der Waals surface area contributed by atoms with E-state index in [0.29, 0.717) is 12.8 Å². The quantitative estimate of drug-likeness (QED) is 0.0283. The van der Waals surface area contributed by atoms with E-state index in [1.54, 1.807) is 0 Å². The van der Waals surface area contributed by atoms with Crippen molar-refractivity contribution >= 4 is 25.7 Å². The standard InChI is InChI=1S/C32H58NO10P/c1-3-5-7-9-10-11-12-13-14-15-16-17-18-20-22-24-31(36)41-25-28(34)26-42-44(39,40)43-27-29(32(37)38)33-30(35)23-21-19-8-6-4-2/h10-11,13-14,28-29,34H,3-9,12,15-27H2,1-2H3,(H,33,35)(H,37,38)(H,39,40)/b11-10-,14-13-. The summed E-state index contributed by atoms with van der Waals surface area (Å²) in [4.78, 5) is 45.1. The Balaban J connectivity index is 3.97. The zero-order valence-corrected chi connectivity index (χ0v) is 27.9. The lowest BCUT2D eigenvalue weighted by molar-refractivity contribution is -0.147. The van der Waals surface area contributed by atoms with E-state index in [1.807, 2.05) is 0 Å². The summed E-state index contributed by atoms with van der Waals surface area (Å²) < 4.78 is 26.5. The van der Waals surface area contributed by atoms with Crippen molar-refractivity contribution in [1.29, 1.82) is 0 Å². The van der Waals surface area contributed by atoms with E-state index in [-0.39, 0.29) is 12.8 Å². The number of phosphoric ester groups is 1. The van der Waals surface area contributed by atoms with Crippen molar-refractivity contribution in [3.8, 4) is 0 Å². The molecule has 3 atom stereocenters. The smallest absolute Gasteiger partial charge is 0.472 e. The van der Waals surface area contributed by atoms with Crippen LogP contribution in [-0.2, 0) is 32.7 Å². The molecule has 0 spiro atoms. The number of amides is 1. The number of unbranched alkanes of at least 4 members (excludes halogenated alkanes) is 12. The highest BCUT2D eigenvalue weighted by atomic mass is 31.2. The number of hydrogen-bond acceptors (Lipinski definition) is 8. The first-order chi connectivity index (χ1) is 21.1. The summed E-state index contributed by atoms with van der Waals surface area (Å²) in [6.45, 7) is 2.38. The molecule has 44 heavy (non-hydrogen) atoms. The number of esters is 1. The summed E-state index contributed by atoms with van der Waals surface area (Å²) in [5, 5.41) is 21.5. The third-order valence-electron chi connectivity index (χ3n) is 6.74. The van der Waals surface area contributed by atoms with Crippen LogP contribution in [0.5, 0.6) is 0 Å². The topological polar surface area (TPSA) is 169 Å². The maximum absolute atomic E-state index is 12.1. The predicted octanol–water partition coefficient (Wildman–Crippen LogP) is 6.77. The van der Waals surface area contributed by atoms with Gasteiger partial charge in [0.25, 0.3) is 0 Å². The molecule has 0 fully saturated rings. The molecule has 4 N–H and O–H groups in total. The van der Waals surface area contributed by atoms with Gasteiger partial charge in [-0.05, 0) is 44.9 Å². The first kappa shape index (κ1) is 42.0. The zero-order valence-electron chi connectivity index (χ0n) is 27.0. The molecule has 12 heteroatoms. The van der Waals surface area contributed by atoms with E-state index in [2.05, 4.69) is 48.0 Å². The number of carbonyl (C=O) groups is 3. The monoisotopic (exact) mass is 647 g/mol. The Hall–Kier alpha value is -2.04. The van der Waals surface area contributed by atoms with Crippen LogP contribution in [0.1, 0.15) is 129 Å².